The number of nitrogens with two attached hydrogens (primary N) is 1. The Morgan fingerprint density at radius 3 is 2.22 bits per heavy atom. The molecule has 0 fully saturated rings. The summed E-state index contributed by atoms with van der Waals surface area (Å²) in [5.74, 6) is -2.28. The van der Waals surface area contributed by atoms with Crippen molar-refractivity contribution in [2.24, 2.45) is 5.73 Å². The summed E-state index contributed by atoms with van der Waals surface area (Å²) in [6, 6.07) is 15.0. The molecule has 2 N–H and O–H groups in total. The van der Waals surface area contributed by atoms with Crippen molar-refractivity contribution in [1.29, 1.82) is 0 Å². The van der Waals surface area contributed by atoms with Gasteiger partial charge in [-0.15, -0.1) is 0 Å². The minimum absolute atomic E-state index is 0.00430. The van der Waals surface area contributed by atoms with Gasteiger partial charge in [0.1, 0.15) is 0 Å². The number of esters is 1. The van der Waals surface area contributed by atoms with Crippen molar-refractivity contribution < 1.29 is 27.4 Å². The molecule has 8 heteroatoms. The fourth-order valence-electron chi connectivity index (χ4n) is 2.56. The molecule has 27 heavy (non-hydrogen) atoms. The lowest BCUT2D eigenvalue weighted by atomic mass is 9.90. The van der Waals surface area contributed by atoms with E-state index >= 15 is 0 Å². The summed E-state index contributed by atoms with van der Waals surface area (Å²) in [6.07, 6.45) is -5.15. The van der Waals surface area contributed by atoms with Gasteiger partial charge in [-0.25, -0.2) is 4.79 Å². The summed E-state index contributed by atoms with van der Waals surface area (Å²) < 4.78 is 48.9. The second-order valence-electron chi connectivity index (χ2n) is 5.91. The lowest BCUT2D eigenvalue weighted by Gasteiger charge is -2.34. The Hall–Kier alpha value is -2.09. The molecular weight excluding hydrogens is 383 g/mol. The third-order valence-electron chi connectivity index (χ3n) is 3.88. The van der Waals surface area contributed by atoms with E-state index < -0.39 is 17.7 Å². The molecule has 0 amide bonds. The molecule has 0 aliphatic carbocycles. The number of carbonyl (C=O) groups is 1. The molecule has 0 aromatic heterocycles. The van der Waals surface area contributed by atoms with Gasteiger partial charge in [-0.05, 0) is 29.8 Å². The van der Waals surface area contributed by atoms with Gasteiger partial charge in [0, 0.05) is 11.4 Å². The average Bonchev–Trinajstić information content (AvgIpc) is 2.63. The van der Waals surface area contributed by atoms with E-state index in [-0.39, 0.29) is 26.2 Å². The predicted octanol–water partition coefficient (Wildman–Crippen LogP) is 4.21. The van der Waals surface area contributed by atoms with E-state index in [2.05, 4.69) is 0 Å². The van der Waals surface area contributed by atoms with E-state index in [0.29, 0.717) is 10.6 Å². The van der Waals surface area contributed by atoms with E-state index in [1.54, 1.807) is 54.6 Å². The van der Waals surface area contributed by atoms with Crippen molar-refractivity contribution in [1.82, 2.24) is 0 Å². The van der Waals surface area contributed by atoms with Crippen LogP contribution in [0.4, 0.5) is 13.2 Å². The molecule has 0 saturated heterocycles. The van der Waals surface area contributed by atoms with Crippen molar-refractivity contribution in [3.8, 4) is 0 Å². The third-order valence-corrected chi connectivity index (χ3v) is 4.14. The van der Waals surface area contributed by atoms with E-state index in [9.17, 15) is 18.0 Å². The first-order chi connectivity index (χ1) is 12.8. The number of benzene rings is 2. The van der Waals surface area contributed by atoms with Crippen LogP contribution in [-0.4, -0.2) is 25.3 Å². The summed E-state index contributed by atoms with van der Waals surface area (Å²) in [7, 11) is 0. The smallest absolute Gasteiger partial charge is 0.445 e. The number of alkyl halides is 3. The van der Waals surface area contributed by atoms with E-state index in [0.717, 1.165) is 5.56 Å². The van der Waals surface area contributed by atoms with E-state index in [4.69, 9.17) is 26.8 Å². The maximum absolute atomic E-state index is 12.8. The first-order valence-corrected chi connectivity index (χ1v) is 8.52. The highest BCUT2D eigenvalue weighted by atomic mass is 35.5. The Morgan fingerprint density at radius 1 is 1.04 bits per heavy atom. The highest BCUT2D eigenvalue weighted by Gasteiger charge is 2.47. The Morgan fingerprint density at radius 2 is 1.67 bits per heavy atom. The molecule has 4 nitrogen and oxygen atoms in total. The van der Waals surface area contributed by atoms with Crippen molar-refractivity contribution in [2.45, 2.75) is 24.8 Å². The Balaban J connectivity index is 2.23. The molecule has 0 spiro atoms. The standard InChI is InChI=1S/C19H19ClF3NO3/c20-16-8-6-14(7-9-16)12-26-13-18(10-11-24,15-4-2-1-3-5-15)27-17(25)19(21,22)23/h1-9H,10-13,24H2. The van der Waals surface area contributed by atoms with Crippen LogP contribution in [0, 0.1) is 0 Å². The van der Waals surface area contributed by atoms with Crippen LogP contribution < -0.4 is 5.73 Å². The summed E-state index contributed by atoms with van der Waals surface area (Å²) in [5, 5.41) is 0.555. The van der Waals surface area contributed by atoms with Crippen molar-refractivity contribution >= 4 is 17.6 Å². The quantitative estimate of drug-likeness (QED) is 0.673. The van der Waals surface area contributed by atoms with Crippen LogP contribution in [0.2, 0.25) is 5.02 Å². The van der Waals surface area contributed by atoms with Crippen LogP contribution in [0.1, 0.15) is 17.5 Å². The van der Waals surface area contributed by atoms with Gasteiger partial charge in [0.15, 0.2) is 5.60 Å². The number of carbonyl (C=O) groups excluding carboxylic acids is 1. The van der Waals surface area contributed by atoms with E-state index in [1.165, 1.54) is 0 Å². The summed E-state index contributed by atoms with van der Waals surface area (Å²) in [5.41, 5.74) is 5.10. The monoisotopic (exact) mass is 401 g/mol. The molecule has 0 aliphatic rings. The fraction of sp³-hybridized carbons (Fsp3) is 0.316. The maximum Gasteiger partial charge on any atom is 0.490 e. The highest BCUT2D eigenvalue weighted by molar-refractivity contribution is 6.30. The number of ether oxygens (including phenoxy) is 2. The SMILES string of the molecule is NCCC(COCc1ccc(Cl)cc1)(OC(=O)C(F)(F)F)c1ccccc1. The summed E-state index contributed by atoms with van der Waals surface area (Å²) in [6.45, 7) is -0.164. The van der Waals surface area contributed by atoms with E-state index in [1.807, 2.05) is 0 Å². The molecule has 0 radical (unpaired) electrons. The zero-order chi connectivity index (χ0) is 19.9. The Bertz CT molecular complexity index is 738. The third kappa shape index (κ3) is 5.95. The maximum atomic E-state index is 12.8. The highest BCUT2D eigenvalue weighted by Crippen LogP contribution is 2.33. The molecule has 0 saturated carbocycles. The zero-order valence-electron chi connectivity index (χ0n) is 14.3. The van der Waals surface area contributed by atoms with Gasteiger partial charge in [-0.2, -0.15) is 13.2 Å². The van der Waals surface area contributed by atoms with Crippen molar-refractivity contribution in [3.05, 3.63) is 70.7 Å². The molecule has 0 heterocycles. The molecule has 2 rings (SSSR count). The molecule has 1 atom stereocenters. The molecule has 2 aromatic carbocycles. The Kier molecular flexibility index (Phi) is 7.24. The number of hydrogen-bond acceptors (Lipinski definition) is 4. The molecule has 0 bridgehead atoms. The fourth-order valence-corrected chi connectivity index (χ4v) is 2.69. The lowest BCUT2D eigenvalue weighted by Crippen LogP contribution is -2.43. The van der Waals surface area contributed by atoms with Crippen LogP contribution in [0.3, 0.4) is 0 Å². The first-order valence-electron chi connectivity index (χ1n) is 8.15. The van der Waals surface area contributed by atoms with Gasteiger partial charge in [-0.3, -0.25) is 0 Å². The second kappa shape index (κ2) is 9.21. The van der Waals surface area contributed by atoms with Gasteiger partial charge in [0.2, 0.25) is 0 Å². The molecular formula is C19H19ClF3NO3. The first kappa shape index (κ1) is 21.2. The summed E-state index contributed by atoms with van der Waals surface area (Å²) >= 11 is 5.82. The van der Waals surface area contributed by atoms with Crippen LogP contribution >= 0.6 is 11.6 Å². The summed E-state index contributed by atoms with van der Waals surface area (Å²) in [4.78, 5) is 11.5. The van der Waals surface area contributed by atoms with Gasteiger partial charge in [0.25, 0.3) is 0 Å². The molecule has 1 unspecified atom stereocenters. The normalized spacial score (nSPS) is 13.8. The van der Waals surface area contributed by atoms with Crippen molar-refractivity contribution in [2.75, 3.05) is 13.2 Å². The molecule has 146 valence electrons. The number of rotatable bonds is 8. The van der Waals surface area contributed by atoms with Crippen LogP contribution in [0.15, 0.2) is 54.6 Å². The topological polar surface area (TPSA) is 61.6 Å². The minimum atomic E-state index is -5.12. The molecule has 2 aromatic rings. The number of hydrogen-bond donors (Lipinski definition) is 1. The Labute approximate surface area is 160 Å². The predicted molar refractivity (Wildman–Crippen MR) is 95.0 cm³/mol. The lowest BCUT2D eigenvalue weighted by molar-refractivity contribution is -0.221. The largest absolute Gasteiger partial charge is 0.490 e. The van der Waals surface area contributed by atoms with Crippen LogP contribution in [0.5, 0.6) is 0 Å². The average molecular weight is 402 g/mol. The number of halogens is 4. The molecule has 0 aliphatic heterocycles. The second-order valence-corrected chi connectivity index (χ2v) is 6.34. The van der Waals surface area contributed by atoms with Crippen molar-refractivity contribution in [3.63, 3.8) is 0 Å². The van der Waals surface area contributed by atoms with Crippen LogP contribution in [0.25, 0.3) is 0 Å². The van der Waals surface area contributed by atoms with Gasteiger partial charge < -0.3 is 15.2 Å². The van der Waals surface area contributed by atoms with Gasteiger partial charge in [0.05, 0.1) is 13.2 Å². The zero-order valence-corrected chi connectivity index (χ0v) is 15.1. The van der Waals surface area contributed by atoms with Gasteiger partial charge >= 0.3 is 12.1 Å². The van der Waals surface area contributed by atoms with Gasteiger partial charge in [-0.1, -0.05) is 54.1 Å². The van der Waals surface area contributed by atoms with Crippen LogP contribution in [-0.2, 0) is 26.5 Å². The minimum Gasteiger partial charge on any atom is -0.445 e.